The highest BCUT2D eigenvalue weighted by molar-refractivity contribution is 7.80. The Morgan fingerprint density at radius 2 is 1.89 bits per heavy atom. The van der Waals surface area contributed by atoms with Gasteiger partial charge in [0.15, 0.2) is 5.11 Å². The van der Waals surface area contributed by atoms with Crippen LogP contribution < -0.4 is 16.4 Å². The van der Waals surface area contributed by atoms with Crippen LogP contribution in [0.1, 0.15) is 26.3 Å². The second-order valence-electron chi connectivity index (χ2n) is 5.14. The van der Waals surface area contributed by atoms with E-state index in [9.17, 15) is 4.79 Å². The molecule has 0 aliphatic heterocycles. The number of amides is 1. The molecule has 0 spiro atoms. The van der Waals surface area contributed by atoms with Crippen LogP contribution in [0.5, 0.6) is 0 Å². The van der Waals surface area contributed by atoms with Gasteiger partial charge < -0.3 is 21.1 Å². The van der Waals surface area contributed by atoms with Crippen molar-refractivity contribution in [2.45, 2.75) is 32.9 Å². The monoisotopic (exact) mass is 281 g/mol. The van der Waals surface area contributed by atoms with E-state index in [-0.39, 0.29) is 17.3 Å². The Kier molecular flexibility index (Phi) is 5.11. The topological polar surface area (TPSA) is 76.4 Å². The van der Waals surface area contributed by atoms with E-state index in [2.05, 4.69) is 10.6 Å². The Bertz CT molecular complexity index is 452. The molecule has 0 aromatic heterocycles. The Morgan fingerprint density at radius 3 is 2.37 bits per heavy atom. The van der Waals surface area contributed by atoms with Crippen molar-refractivity contribution in [3.05, 3.63) is 29.8 Å². The van der Waals surface area contributed by atoms with Crippen LogP contribution in [0.4, 0.5) is 10.5 Å². The van der Waals surface area contributed by atoms with Crippen LogP contribution in [0, 0.1) is 0 Å². The van der Waals surface area contributed by atoms with Crippen LogP contribution in [-0.4, -0.2) is 16.7 Å². The van der Waals surface area contributed by atoms with Gasteiger partial charge in [0.05, 0.1) is 0 Å². The summed E-state index contributed by atoms with van der Waals surface area (Å²) >= 11 is 4.74. The van der Waals surface area contributed by atoms with E-state index in [4.69, 9.17) is 22.7 Å². The third-order valence-electron chi connectivity index (χ3n) is 2.07. The van der Waals surface area contributed by atoms with Gasteiger partial charge in [-0.2, -0.15) is 0 Å². The highest BCUT2D eigenvalue weighted by Crippen LogP contribution is 2.10. The quantitative estimate of drug-likeness (QED) is 0.742. The third kappa shape index (κ3) is 6.61. The van der Waals surface area contributed by atoms with E-state index in [1.807, 2.05) is 45.0 Å². The molecule has 0 saturated carbocycles. The first kappa shape index (κ1) is 15.2. The first-order valence-corrected chi connectivity index (χ1v) is 6.27. The largest absolute Gasteiger partial charge is 0.445 e. The van der Waals surface area contributed by atoms with Crippen LogP contribution in [0.2, 0.25) is 0 Å². The van der Waals surface area contributed by atoms with Crippen molar-refractivity contribution in [3.63, 3.8) is 0 Å². The summed E-state index contributed by atoms with van der Waals surface area (Å²) in [5.41, 5.74) is 6.75. The fourth-order valence-corrected chi connectivity index (χ4v) is 1.44. The number of nitrogens with two attached hydrogens (primary N) is 1. The summed E-state index contributed by atoms with van der Waals surface area (Å²) in [6.07, 6.45) is -0.433. The minimum absolute atomic E-state index is 0.216. The smallest absolute Gasteiger partial charge is 0.407 e. The van der Waals surface area contributed by atoms with E-state index in [1.165, 1.54) is 0 Å². The molecule has 1 amide bonds. The molecular formula is C13H19N3O2S. The molecule has 1 aromatic rings. The molecule has 0 heterocycles. The van der Waals surface area contributed by atoms with Crippen molar-refractivity contribution < 1.29 is 9.53 Å². The molecule has 0 atom stereocenters. The zero-order valence-electron chi connectivity index (χ0n) is 11.3. The lowest BCUT2D eigenvalue weighted by molar-refractivity contribution is 0.131. The SMILES string of the molecule is CC(C)(C)NC(=O)OCc1ccc(NC(N)=S)cc1. The molecule has 0 aliphatic carbocycles. The van der Waals surface area contributed by atoms with Crippen LogP contribution in [-0.2, 0) is 11.3 Å². The zero-order chi connectivity index (χ0) is 14.5. The Morgan fingerprint density at radius 1 is 1.32 bits per heavy atom. The van der Waals surface area contributed by atoms with E-state index >= 15 is 0 Å². The fourth-order valence-electron chi connectivity index (χ4n) is 1.32. The van der Waals surface area contributed by atoms with Crippen LogP contribution in [0.15, 0.2) is 24.3 Å². The molecule has 0 bridgehead atoms. The Hall–Kier alpha value is -1.82. The van der Waals surface area contributed by atoms with Crippen LogP contribution >= 0.6 is 12.2 Å². The second kappa shape index (κ2) is 6.38. The molecule has 4 N–H and O–H groups in total. The molecule has 0 radical (unpaired) electrons. The second-order valence-corrected chi connectivity index (χ2v) is 5.58. The number of rotatable bonds is 3. The number of anilines is 1. The summed E-state index contributed by atoms with van der Waals surface area (Å²) in [6.45, 7) is 5.90. The number of hydrogen-bond donors (Lipinski definition) is 3. The van der Waals surface area contributed by atoms with Gasteiger partial charge in [-0.3, -0.25) is 0 Å². The van der Waals surface area contributed by atoms with E-state index in [0.717, 1.165) is 11.3 Å². The fraction of sp³-hybridized carbons (Fsp3) is 0.385. The van der Waals surface area contributed by atoms with E-state index < -0.39 is 6.09 Å². The summed E-state index contributed by atoms with van der Waals surface area (Å²) in [7, 11) is 0. The molecule has 1 rings (SSSR count). The third-order valence-corrected chi connectivity index (χ3v) is 2.17. The maximum absolute atomic E-state index is 11.5. The minimum Gasteiger partial charge on any atom is -0.445 e. The van der Waals surface area contributed by atoms with Gasteiger partial charge in [0, 0.05) is 11.2 Å². The van der Waals surface area contributed by atoms with Gasteiger partial charge in [-0.1, -0.05) is 12.1 Å². The molecule has 0 aliphatic rings. The predicted octanol–water partition coefficient (Wildman–Crippen LogP) is 2.37. The lowest BCUT2D eigenvalue weighted by Gasteiger charge is -2.19. The summed E-state index contributed by atoms with van der Waals surface area (Å²) in [4.78, 5) is 11.5. The van der Waals surface area contributed by atoms with Crippen molar-refractivity contribution in [3.8, 4) is 0 Å². The van der Waals surface area contributed by atoms with Gasteiger partial charge in [0.25, 0.3) is 0 Å². The molecule has 0 saturated heterocycles. The first-order chi connectivity index (χ1) is 8.76. The van der Waals surface area contributed by atoms with Crippen molar-refractivity contribution in [2.24, 2.45) is 5.73 Å². The van der Waals surface area contributed by atoms with Crippen molar-refractivity contribution in [1.82, 2.24) is 5.32 Å². The van der Waals surface area contributed by atoms with E-state index in [1.54, 1.807) is 0 Å². The molecule has 0 unspecified atom stereocenters. The van der Waals surface area contributed by atoms with Crippen molar-refractivity contribution in [2.75, 3.05) is 5.32 Å². The first-order valence-electron chi connectivity index (χ1n) is 5.86. The van der Waals surface area contributed by atoms with Gasteiger partial charge in [-0.05, 0) is 50.7 Å². The molecular weight excluding hydrogens is 262 g/mol. The molecule has 5 nitrogen and oxygen atoms in total. The number of nitrogens with one attached hydrogen (secondary N) is 2. The van der Waals surface area contributed by atoms with Gasteiger partial charge in [-0.25, -0.2) is 4.79 Å². The summed E-state index contributed by atoms with van der Waals surface area (Å²) < 4.78 is 5.10. The normalized spacial score (nSPS) is 10.7. The predicted molar refractivity (Wildman–Crippen MR) is 79.9 cm³/mol. The number of alkyl carbamates (subject to hydrolysis) is 1. The number of hydrogen-bond acceptors (Lipinski definition) is 3. The molecule has 1 aromatic carbocycles. The standard InChI is InChI=1S/C13H19N3O2S/c1-13(2,3)16-12(17)18-8-9-4-6-10(7-5-9)15-11(14)19/h4-7H,8H2,1-3H3,(H,16,17)(H3,14,15,19). The molecule has 104 valence electrons. The highest BCUT2D eigenvalue weighted by Gasteiger charge is 2.14. The number of carbonyl (C=O) groups is 1. The minimum atomic E-state index is -0.433. The van der Waals surface area contributed by atoms with Gasteiger partial charge >= 0.3 is 6.09 Å². The zero-order valence-corrected chi connectivity index (χ0v) is 12.1. The lowest BCUT2D eigenvalue weighted by atomic mass is 10.1. The average molecular weight is 281 g/mol. The average Bonchev–Trinajstić information content (AvgIpc) is 2.25. The highest BCUT2D eigenvalue weighted by atomic mass is 32.1. The van der Waals surface area contributed by atoms with Crippen LogP contribution in [0.3, 0.4) is 0 Å². The maximum Gasteiger partial charge on any atom is 0.407 e. The van der Waals surface area contributed by atoms with Crippen molar-refractivity contribution >= 4 is 29.1 Å². The number of thiocarbonyl (C=S) groups is 1. The van der Waals surface area contributed by atoms with Gasteiger partial charge in [-0.15, -0.1) is 0 Å². The lowest BCUT2D eigenvalue weighted by Crippen LogP contribution is -2.40. The van der Waals surface area contributed by atoms with Crippen LogP contribution in [0.25, 0.3) is 0 Å². The molecule has 19 heavy (non-hydrogen) atoms. The molecule has 6 heteroatoms. The molecule has 0 fully saturated rings. The van der Waals surface area contributed by atoms with Gasteiger partial charge in [0.1, 0.15) is 6.61 Å². The summed E-state index contributed by atoms with van der Waals surface area (Å²) in [6, 6.07) is 7.31. The summed E-state index contributed by atoms with van der Waals surface area (Å²) in [5, 5.41) is 5.75. The number of carbonyl (C=O) groups excluding carboxylic acids is 1. The maximum atomic E-state index is 11.5. The van der Waals surface area contributed by atoms with Gasteiger partial charge in [0.2, 0.25) is 0 Å². The Labute approximate surface area is 118 Å². The number of ether oxygens (including phenoxy) is 1. The van der Waals surface area contributed by atoms with Crippen molar-refractivity contribution in [1.29, 1.82) is 0 Å². The van der Waals surface area contributed by atoms with E-state index in [0.29, 0.717) is 0 Å². The Balaban J connectivity index is 2.46. The summed E-state index contributed by atoms with van der Waals surface area (Å²) in [5.74, 6) is 0. The number of benzene rings is 1.